The van der Waals surface area contributed by atoms with Crippen LogP contribution in [-0.4, -0.2) is 0 Å². The number of benzene rings is 13. The van der Waals surface area contributed by atoms with Gasteiger partial charge in [0.05, 0.1) is 20.6 Å². The fraction of sp³-hybridized carbons (Fsp3) is 0.477. The van der Waals surface area contributed by atoms with E-state index in [4.69, 9.17) is 20.6 Å². The topological polar surface area (TPSA) is 0 Å². The minimum atomic E-state index is -0.655. The van der Waals surface area contributed by atoms with Crippen molar-refractivity contribution in [1.82, 2.24) is 0 Å². The first kappa shape index (κ1) is 105. The quantitative estimate of drug-likeness (QED) is 0.128. The van der Waals surface area contributed by atoms with Crippen LogP contribution in [0.3, 0.4) is 0 Å². The van der Waals surface area contributed by atoms with E-state index in [9.17, 15) is 2.74 Å². The molecule has 17 rings (SSSR count). The SMILES string of the molecule is C.C.C.C.C.C.C.CC(C)(C)c1c(-c2ccccc2)cccc1-c1ccccc1.CC(C)(C)c1c(C2CCCCC2)cccc1C1CCCCC1.CC(C)(C)c1cc(C(C)(C)C)c(C(C)(C)C)c(C(C)(C)C)c1.CC(C)(C)c1ccccc1-c1ccccc1.[2H]C1(c2cccc(C3([2H])CCCCC3)c2C(C)(C)C)CCCCC1.[2H]c1c([2H])c([2H])c(-c2cccc(-c3c([2H])c([2H])c([2H])c([2H])c3[2H])c2C(C)(C)C)c([2H])c1[2H].[2H]c1c([2H])c([2H])c(-c2ccccc2C(C)(C)C)c([2H])c1[2H]. The monoisotopic (exact) mass is 2020 g/mol. The predicted molar refractivity (Wildman–Crippen MR) is 675 cm³/mol. The van der Waals surface area contributed by atoms with E-state index in [1.165, 1.54) is 181 Å². The molecule has 0 heteroatoms. The molecule has 0 unspecified atom stereocenters. The average Bonchev–Trinajstić information content (AvgIpc) is 0.731. The van der Waals surface area contributed by atoms with Crippen molar-refractivity contribution in [2.75, 3.05) is 0 Å². The van der Waals surface area contributed by atoms with Gasteiger partial charge in [0.25, 0.3) is 0 Å². The Morgan fingerprint density at radius 1 is 0.181 bits per heavy atom. The summed E-state index contributed by atoms with van der Waals surface area (Å²) in [5.74, 6) is 0.766. The molecule has 0 aliphatic heterocycles. The Morgan fingerprint density at radius 2 is 0.396 bits per heavy atom. The molecular weight excluding hydrogens is 1790 g/mol. The smallest absolute Gasteiger partial charge is 0.0629 e. The van der Waals surface area contributed by atoms with E-state index in [0.717, 1.165) is 43.1 Å². The maximum absolute atomic E-state index is 9.20. The average molecular weight is 2020 g/mol. The summed E-state index contributed by atoms with van der Waals surface area (Å²) in [5, 5.41) is 0. The van der Waals surface area contributed by atoms with Gasteiger partial charge in [0.15, 0.2) is 0 Å². The van der Waals surface area contributed by atoms with Gasteiger partial charge in [-0.2, -0.15) is 0 Å². The van der Waals surface area contributed by atoms with E-state index in [-0.39, 0.29) is 172 Å². The second-order valence-corrected chi connectivity index (χ2v) is 50.6. The highest BCUT2D eigenvalue weighted by Gasteiger charge is 2.37. The van der Waals surface area contributed by atoms with Gasteiger partial charge >= 0.3 is 0 Å². The van der Waals surface area contributed by atoms with Gasteiger partial charge in [-0.3, -0.25) is 0 Å². The van der Waals surface area contributed by atoms with Crippen molar-refractivity contribution < 1.29 is 23.3 Å². The van der Waals surface area contributed by atoms with Crippen LogP contribution in [0.5, 0.6) is 0 Å². The Labute approximate surface area is 943 Å². The molecule has 810 valence electrons. The van der Waals surface area contributed by atoms with Crippen LogP contribution in [0.2, 0.25) is 0 Å². The summed E-state index contributed by atoms with van der Waals surface area (Å²) in [6.07, 6.45) is 25.4. The first-order chi connectivity index (χ1) is 73.8. The van der Waals surface area contributed by atoms with Gasteiger partial charge in [-0.1, -0.05) is 652 Å². The molecule has 13 aromatic carbocycles. The summed E-state index contributed by atoms with van der Waals surface area (Å²) in [6.45, 7) is 67.5. The molecule has 0 aromatic heterocycles. The molecule has 0 bridgehead atoms. The fourth-order valence-corrected chi connectivity index (χ4v) is 21.8. The second-order valence-electron chi connectivity index (χ2n) is 50.6. The predicted octanol–water partition coefficient (Wildman–Crippen LogP) is 47.4. The van der Waals surface area contributed by atoms with Crippen LogP contribution in [0.15, 0.2) is 315 Å². The molecule has 0 spiro atoms. The van der Waals surface area contributed by atoms with Gasteiger partial charge in [-0.25, -0.2) is 0 Å². The molecule has 4 aliphatic rings. The van der Waals surface area contributed by atoms with Gasteiger partial charge in [0.1, 0.15) is 0 Å². The molecule has 0 radical (unpaired) electrons. The van der Waals surface area contributed by atoms with Crippen molar-refractivity contribution in [3.63, 3.8) is 0 Å². The lowest BCUT2D eigenvalue weighted by atomic mass is 9.66. The van der Waals surface area contributed by atoms with E-state index >= 15 is 0 Å². The standard InChI is InChI=1S/2C22H34.2C22H22.C22H38.2C16H18.7CH4/c4*1-22(2,3)21-19(17-11-6-4-7-12-17)15-10-16-20(21)18-13-8-5-9-14-18;1-19(2,3)15-13-16(20(4,5)6)18(22(10,11)12)17(14-15)21(7,8)9;2*1-16(2,3)15-12-8-7-11-14(15)13-9-5-4-6-10-13;;;;;;;/h2*10,15-18H,4-9,11-14H2,1-3H3;2*4-16H,1-3H3;13-14H,1-12H3;2*4-12H,1-3H3;7*1H4/i17D,18D;;4D,5D,6D,7D,8D,9D,11D,12D,13D,14D;;;4D,5D,6D,9D,10D;;;;;;;;. The van der Waals surface area contributed by atoms with Crippen LogP contribution in [0, 0.1) is 0 Å². The second kappa shape index (κ2) is 57.5. The van der Waals surface area contributed by atoms with Gasteiger partial charge in [0.2, 0.25) is 0 Å². The minimum Gasteiger partial charge on any atom is -0.0776 e. The minimum absolute atomic E-state index is 0. The highest BCUT2D eigenvalue weighted by atomic mass is 14.4. The van der Waals surface area contributed by atoms with E-state index < -0.39 is 53.5 Å². The zero-order valence-corrected chi connectivity index (χ0v) is 93.2. The number of hydrogen-bond donors (Lipinski definition) is 0. The van der Waals surface area contributed by atoms with Crippen molar-refractivity contribution in [1.29, 1.82) is 0 Å². The van der Waals surface area contributed by atoms with Crippen molar-refractivity contribution in [3.8, 4) is 66.8 Å². The molecule has 0 N–H and O–H groups in total. The van der Waals surface area contributed by atoms with E-state index in [0.29, 0.717) is 22.3 Å². The molecular formula is C149H214. The van der Waals surface area contributed by atoms with Crippen LogP contribution >= 0.6 is 0 Å². The van der Waals surface area contributed by atoms with Crippen LogP contribution in [0.4, 0.5) is 0 Å². The third-order valence-corrected chi connectivity index (χ3v) is 28.5. The summed E-state index contributed by atoms with van der Waals surface area (Å²) in [7, 11) is 0. The summed E-state index contributed by atoms with van der Waals surface area (Å²) >= 11 is 0. The summed E-state index contributed by atoms with van der Waals surface area (Å²) in [4.78, 5) is 0. The maximum Gasteiger partial charge on any atom is 0.0629 e. The first-order valence-electron chi connectivity index (χ1n) is 62.1. The van der Waals surface area contributed by atoms with E-state index in [1.807, 2.05) is 65.8 Å². The van der Waals surface area contributed by atoms with Crippen molar-refractivity contribution >= 4 is 0 Å². The molecule has 149 heavy (non-hydrogen) atoms. The van der Waals surface area contributed by atoms with E-state index in [1.54, 1.807) is 40.5 Å². The van der Waals surface area contributed by atoms with Gasteiger partial charge in [-0.05, 0) is 274 Å². The third-order valence-electron chi connectivity index (χ3n) is 28.5. The summed E-state index contributed by atoms with van der Waals surface area (Å²) in [5.41, 5.74) is 29.1. The molecule has 0 heterocycles. The lowest BCUT2D eigenvalue weighted by Gasteiger charge is -2.38. The molecule has 0 saturated heterocycles. The lowest BCUT2D eigenvalue weighted by Crippen LogP contribution is -2.29. The number of rotatable bonds is 10. The molecule has 4 aliphatic carbocycles. The molecule has 4 saturated carbocycles. The molecule has 0 amide bonds. The van der Waals surface area contributed by atoms with Gasteiger partial charge in [0, 0.05) is 2.74 Å². The number of hydrogen-bond acceptors (Lipinski definition) is 0. The molecule has 13 aromatic rings. The highest BCUT2D eigenvalue weighted by molar-refractivity contribution is 5.82. The normalized spacial score (nSPS) is 16.5. The summed E-state index contributed by atoms with van der Waals surface area (Å²) < 4.78 is 139. The third kappa shape index (κ3) is 36.5. The fourth-order valence-electron chi connectivity index (χ4n) is 21.8. The Bertz CT molecular complexity index is 6770. The Balaban J connectivity index is 0.000000402. The van der Waals surface area contributed by atoms with Crippen LogP contribution in [0.25, 0.3) is 66.8 Å². The highest BCUT2D eigenvalue weighted by Crippen LogP contribution is 2.51. The van der Waals surface area contributed by atoms with Crippen molar-refractivity contribution in [3.05, 3.63) is 393 Å². The zero-order valence-electron chi connectivity index (χ0n) is 110. The van der Waals surface area contributed by atoms with Gasteiger partial charge < -0.3 is 0 Å². The lowest BCUT2D eigenvalue weighted by molar-refractivity contribution is 0.420. The van der Waals surface area contributed by atoms with Crippen LogP contribution in [0.1, 0.15) is 513 Å². The van der Waals surface area contributed by atoms with Crippen molar-refractivity contribution in [2.24, 2.45) is 0 Å². The Hall–Kier alpha value is -10.1. The maximum atomic E-state index is 9.20. The Morgan fingerprint density at radius 3 is 0.664 bits per heavy atom. The van der Waals surface area contributed by atoms with Crippen LogP contribution in [-0.2, 0) is 54.1 Å². The van der Waals surface area contributed by atoms with Crippen LogP contribution < -0.4 is 0 Å². The molecule has 0 nitrogen and oxygen atoms in total. The first-order valence-corrected chi connectivity index (χ1v) is 53.6. The van der Waals surface area contributed by atoms with Gasteiger partial charge in [-0.15, -0.1) is 0 Å². The summed E-state index contributed by atoms with van der Waals surface area (Å²) in [6, 6.07) is 72.8. The zero-order chi connectivity index (χ0) is 118. The largest absolute Gasteiger partial charge is 0.0776 e. The molecule has 4 fully saturated rings. The Kier molecular flexibility index (Phi) is 40.4. The van der Waals surface area contributed by atoms with E-state index in [2.05, 4.69) is 348 Å². The molecule has 0 atom stereocenters. The van der Waals surface area contributed by atoms with Crippen molar-refractivity contribution in [2.45, 2.75) is 466 Å².